The predicted octanol–water partition coefficient (Wildman–Crippen LogP) is 7.04. The molecule has 5 atom stereocenters. The highest BCUT2D eigenvalue weighted by Crippen LogP contribution is 2.57. The first-order valence-corrected chi connectivity index (χ1v) is 22.5. The van der Waals surface area contributed by atoms with Gasteiger partial charge in [-0.05, 0) is 60.6 Å². The number of piperidine rings is 1. The maximum absolute atomic E-state index is 14.9. The molecule has 7 rings (SSSR count). The van der Waals surface area contributed by atoms with Gasteiger partial charge in [-0.2, -0.15) is 0 Å². The van der Waals surface area contributed by atoms with Crippen LogP contribution < -0.4 is 14.2 Å². The molecular weight excluding hydrogens is 789 g/mol. The van der Waals surface area contributed by atoms with Crippen molar-refractivity contribution < 1.29 is 37.1 Å². The second kappa shape index (κ2) is 16.9. The van der Waals surface area contributed by atoms with Gasteiger partial charge in [0.2, 0.25) is 17.7 Å². The number of hydrogen-bond donors (Lipinski definition) is 1. The zero-order valence-electron chi connectivity index (χ0n) is 34.0. The van der Waals surface area contributed by atoms with E-state index in [1.54, 1.807) is 24.6 Å². The van der Waals surface area contributed by atoms with Crippen LogP contribution >= 0.6 is 11.3 Å². The Kier molecular flexibility index (Phi) is 12.0. The van der Waals surface area contributed by atoms with Gasteiger partial charge in [0.15, 0.2) is 5.78 Å². The molecule has 4 aromatic rings. The fraction of sp³-hybridized carbons (Fsp3) is 0.444. The maximum atomic E-state index is 14.9. The molecule has 2 aromatic carbocycles. The molecule has 4 heterocycles. The number of hydrogen-bond acceptors (Lipinski definition) is 10. The average molecular weight is 841 g/mol. The number of fused-ring (bicyclic) bond motifs is 1. The highest BCUT2D eigenvalue weighted by Gasteiger charge is 2.61. The van der Waals surface area contributed by atoms with E-state index in [1.165, 1.54) is 11.0 Å². The SMILES string of the molecule is C=C[C@@H]1C[C@]1(CC(=O)[C@@H]1C[C@@H](Oc2cc(-c3ccccc3)nc3cc(OC)ccc23)CN1C(=O)[C@@H](CC(=O)N1CCCCC1)C(C)(C)C)C(=O)NS(=O)(=O)c1cccs1. The number of carbonyl (C=O) groups is 4. The number of nitrogens with one attached hydrogen (secondary N) is 1. The summed E-state index contributed by atoms with van der Waals surface area (Å²) in [5.74, 6) is -1.65. The molecule has 1 aliphatic carbocycles. The normalized spacial score (nSPS) is 22.4. The number of likely N-dealkylation sites (tertiary alicyclic amines) is 2. The Balaban J connectivity index is 1.22. The maximum Gasteiger partial charge on any atom is 0.273 e. The molecule has 0 unspecified atom stereocenters. The van der Waals surface area contributed by atoms with Gasteiger partial charge < -0.3 is 19.3 Å². The van der Waals surface area contributed by atoms with Crippen LogP contribution in [0.5, 0.6) is 11.5 Å². The number of allylic oxidation sites excluding steroid dienone is 1. The molecule has 12 nitrogen and oxygen atoms in total. The van der Waals surface area contributed by atoms with Crippen LogP contribution in [0.15, 0.2) is 89.0 Å². The molecule has 59 heavy (non-hydrogen) atoms. The van der Waals surface area contributed by atoms with Crippen molar-refractivity contribution in [2.75, 3.05) is 26.7 Å². The molecule has 14 heteroatoms. The van der Waals surface area contributed by atoms with Gasteiger partial charge in [-0.15, -0.1) is 17.9 Å². The Bertz CT molecular complexity index is 2340. The van der Waals surface area contributed by atoms with Gasteiger partial charge in [0.1, 0.15) is 21.8 Å². The van der Waals surface area contributed by atoms with Gasteiger partial charge in [-0.3, -0.25) is 19.2 Å². The number of aromatic nitrogens is 1. The largest absolute Gasteiger partial charge is 0.497 e. The molecule has 3 aliphatic rings. The first kappa shape index (κ1) is 42.1. The van der Waals surface area contributed by atoms with E-state index in [4.69, 9.17) is 14.5 Å². The van der Waals surface area contributed by atoms with E-state index in [9.17, 15) is 27.6 Å². The fourth-order valence-corrected chi connectivity index (χ4v) is 10.5. The standard InChI is InChI=1S/C45H52N4O8S2/c1-6-30-26-45(30,43(53)47-59(54,55)41-16-13-21-58-41)27-38(50)37-23-32(28-49(37)42(52)34(44(2,3)4)24-40(51)48-19-11-8-12-20-48)57-39-25-35(29-14-9-7-10-15-29)46-36-22-31(56-5)17-18-33(36)39/h6-7,9-10,13-18,21-22,25,30,32,34,37H,1,8,11-12,19-20,23-24,26-28H2,2-5H3,(H,47,53)/t30-,32-,34-,37+,45-/m1/s1. The first-order chi connectivity index (χ1) is 28.1. The fourth-order valence-electron chi connectivity index (χ4n) is 8.49. The van der Waals surface area contributed by atoms with Crippen molar-refractivity contribution in [1.82, 2.24) is 19.5 Å². The van der Waals surface area contributed by atoms with Gasteiger partial charge in [-0.1, -0.05) is 63.2 Å². The third-order valence-corrected chi connectivity index (χ3v) is 14.8. The second-order valence-corrected chi connectivity index (χ2v) is 19.9. The van der Waals surface area contributed by atoms with Crippen LogP contribution in [0.2, 0.25) is 0 Å². The summed E-state index contributed by atoms with van der Waals surface area (Å²) in [5, 5.41) is 2.32. The summed E-state index contributed by atoms with van der Waals surface area (Å²) in [6.07, 6.45) is 3.85. The van der Waals surface area contributed by atoms with Crippen molar-refractivity contribution in [2.24, 2.45) is 22.7 Å². The molecule has 1 N–H and O–H groups in total. The minimum Gasteiger partial charge on any atom is -0.497 e. The van der Waals surface area contributed by atoms with Crippen LogP contribution in [0, 0.1) is 22.7 Å². The summed E-state index contributed by atoms with van der Waals surface area (Å²) in [7, 11) is -2.58. The monoisotopic (exact) mass is 840 g/mol. The Hall–Kier alpha value is -5.08. The van der Waals surface area contributed by atoms with Crippen LogP contribution in [0.1, 0.15) is 65.7 Å². The first-order valence-electron chi connectivity index (χ1n) is 20.2. The average Bonchev–Trinajstić information content (AvgIpc) is 3.51. The van der Waals surface area contributed by atoms with Gasteiger partial charge >= 0.3 is 0 Å². The van der Waals surface area contributed by atoms with E-state index in [0.717, 1.165) is 36.2 Å². The van der Waals surface area contributed by atoms with Crippen LogP contribution in [0.25, 0.3) is 22.2 Å². The highest BCUT2D eigenvalue weighted by molar-refractivity contribution is 7.92. The molecule has 2 aromatic heterocycles. The van der Waals surface area contributed by atoms with E-state index in [2.05, 4.69) is 11.3 Å². The summed E-state index contributed by atoms with van der Waals surface area (Å²) >= 11 is 0.983. The van der Waals surface area contributed by atoms with E-state index < -0.39 is 50.7 Å². The molecule has 2 aliphatic heterocycles. The lowest BCUT2D eigenvalue weighted by atomic mass is 9.77. The number of carbonyl (C=O) groups excluding carboxylic acids is 4. The zero-order chi connectivity index (χ0) is 42.1. The van der Waals surface area contributed by atoms with Crippen molar-refractivity contribution in [1.29, 1.82) is 0 Å². The number of methoxy groups -OCH3 is 1. The topological polar surface area (TPSA) is 152 Å². The van der Waals surface area contributed by atoms with E-state index in [-0.39, 0.29) is 54.0 Å². The van der Waals surface area contributed by atoms with Crippen molar-refractivity contribution in [2.45, 2.75) is 82.1 Å². The summed E-state index contributed by atoms with van der Waals surface area (Å²) < 4.78 is 40.8. The lowest BCUT2D eigenvalue weighted by Crippen LogP contribution is -2.49. The van der Waals surface area contributed by atoms with Crippen LogP contribution in [0.4, 0.5) is 0 Å². The summed E-state index contributed by atoms with van der Waals surface area (Å²) in [5.41, 5.74) is 0.184. The Morgan fingerprint density at radius 3 is 2.42 bits per heavy atom. The molecular formula is C45H52N4O8S2. The minimum atomic E-state index is -4.17. The third-order valence-electron chi connectivity index (χ3n) is 12.0. The summed E-state index contributed by atoms with van der Waals surface area (Å²) in [4.78, 5) is 65.5. The molecule has 312 valence electrons. The van der Waals surface area contributed by atoms with Crippen molar-refractivity contribution >= 4 is 55.8 Å². The molecule has 3 fully saturated rings. The number of ketones is 1. The Morgan fingerprint density at radius 2 is 1.78 bits per heavy atom. The number of thiophene rings is 1. The highest BCUT2D eigenvalue weighted by atomic mass is 32.2. The molecule has 0 bridgehead atoms. The van der Waals surface area contributed by atoms with Crippen LogP contribution in [-0.4, -0.2) is 85.6 Å². The number of pyridine rings is 1. The zero-order valence-corrected chi connectivity index (χ0v) is 35.7. The van der Waals surface area contributed by atoms with Gasteiger partial charge in [0.25, 0.3) is 10.0 Å². The van der Waals surface area contributed by atoms with Crippen molar-refractivity contribution in [3.05, 3.63) is 84.8 Å². The number of ether oxygens (including phenoxy) is 2. The third kappa shape index (κ3) is 8.94. The molecule has 0 spiro atoms. The Labute approximate surface area is 350 Å². The smallest absolute Gasteiger partial charge is 0.273 e. The Morgan fingerprint density at radius 1 is 1.03 bits per heavy atom. The minimum absolute atomic E-state index is 0.00596. The number of nitrogens with zero attached hydrogens (tertiary/aromatic N) is 3. The number of sulfonamides is 1. The lowest BCUT2D eigenvalue weighted by Gasteiger charge is -2.36. The molecule has 1 saturated carbocycles. The quantitative estimate of drug-likeness (QED) is 0.132. The lowest BCUT2D eigenvalue weighted by molar-refractivity contribution is -0.148. The van der Waals surface area contributed by atoms with Crippen molar-refractivity contribution in [3.63, 3.8) is 0 Å². The number of benzene rings is 2. The number of amides is 3. The van der Waals surface area contributed by atoms with E-state index >= 15 is 0 Å². The molecule has 0 radical (unpaired) electrons. The molecule has 2 saturated heterocycles. The van der Waals surface area contributed by atoms with Gasteiger partial charge in [0.05, 0.1) is 42.2 Å². The van der Waals surface area contributed by atoms with E-state index in [1.807, 2.05) is 80.3 Å². The summed E-state index contributed by atoms with van der Waals surface area (Å²) in [6.45, 7) is 11.0. The van der Waals surface area contributed by atoms with Crippen LogP contribution in [0.3, 0.4) is 0 Å². The van der Waals surface area contributed by atoms with Crippen molar-refractivity contribution in [3.8, 4) is 22.8 Å². The predicted molar refractivity (Wildman–Crippen MR) is 226 cm³/mol. The van der Waals surface area contributed by atoms with Gasteiger partial charge in [0, 0.05) is 55.4 Å². The number of Topliss-reactive ketones (excluding diaryl/α,β-unsaturated/α-hetero) is 1. The summed E-state index contributed by atoms with van der Waals surface area (Å²) in [6, 6.07) is 19.0. The van der Waals surface area contributed by atoms with Crippen LogP contribution in [-0.2, 0) is 29.2 Å². The molecule has 3 amide bonds. The van der Waals surface area contributed by atoms with Gasteiger partial charge in [-0.25, -0.2) is 18.1 Å². The number of rotatable bonds is 14. The van der Waals surface area contributed by atoms with E-state index in [0.29, 0.717) is 41.2 Å². The second-order valence-electron chi connectivity index (χ2n) is 17.0.